The van der Waals surface area contributed by atoms with E-state index >= 15 is 0 Å². The quantitative estimate of drug-likeness (QED) is 0.856. The van der Waals surface area contributed by atoms with E-state index in [4.69, 9.17) is 5.11 Å². The lowest BCUT2D eigenvalue weighted by Crippen LogP contribution is -1.91. The Morgan fingerprint density at radius 1 is 1.25 bits per heavy atom. The Kier molecular flexibility index (Phi) is 2.79. The van der Waals surface area contributed by atoms with Gasteiger partial charge in [-0.05, 0) is 31.0 Å². The Morgan fingerprint density at radius 2 is 2.00 bits per heavy atom. The smallest absolute Gasteiger partial charge is 0.336 e. The Labute approximate surface area is 98.2 Å². The van der Waals surface area contributed by atoms with Gasteiger partial charge in [-0.25, -0.2) is 4.79 Å². The maximum atomic E-state index is 10.8. The second-order valence-corrected chi connectivity index (χ2v) is 4.73. The van der Waals surface area contributed by atoms with Crippen LogP contribution in [-0.2, 0) is 0 Å². The number of aryl methyl sites for hydroxylation is 2. The van der Waals surface area contributed by atoms with Gasteiger partial charge in [0.15, 0.2) is 0 Å². The maximum Gasteiger partial charge on any atom is 0.336 e. The molecule has 1 heterocycles. The van der Waals surface area contributed by atoms with Crippen molar-refractivity contribution in [1.82, 2.24) is 0 Å². The van der Waals surface area contributed by atoms with Crippen LogP contribution < -0.4 is 0 Å². The average molecular weight is 232 g/mol. The van der Waals surface area contributed by atoms with Crippen molar-refractivity contribution in [3.05, 3.63) is 46.3 Å². The highest BCUT2D eigenvalue weighted by Crippen LogP contribution is 2.30. The number of hydrogen-bond acceptors (Lipinski definition) is 2. The third-order valence-electron chi connectivity index (χ3n) is 2.50. The summed E-state index contributed by atoms with van der Waals surface area (Å²) >= 11 is 1.47. The second kappa shape index (κ2) is 4.10. The van der Waals surface area contributed by atoms with Gasteiger partial charge in [0, 0.05) is 10.3 Å². The molecule has 1 N–H and O–H groups in total. The minimum absolute atomic E-state index is 0.362. The van der Waals surface area contributed by atoms with Crippen LogP contribution in [0.1, 0.15) is 21.5 Å². The molecule has 1 aromatic carbocycles. The van der Waals surface area contributed by atoms with Gasteiger partial charge in [-0.15, -0.1) is 11.3 Å². The lowest BCUT2D eigenvalue weighted by atomic mass is 10.0. The topological polar surface area (TPSA) is 37.3 Å². The molecule has 0 atom stereocenters. The molecule has 82 valence electrons. The van der Waals surface area contributed by atoms with Crippen molar-refractivity contribution in [2.75, 3.05) is 0 Å². The molecule has 0 aliphatic heterocycles. The minimum Gasteiger partial charge on any atom is -0.478 e. The van der Waals surface area contributed by atoms with Gasteiger partial charge in [0.25, 0.3) is 0 Å². The SMILES string of the molecule is Cc1ccc(C)c(-c2cc(C(=O)O)cs2)c1. The third kappa shape index (κ3) is 1.99. The highest BCUT2D eigenvalue weighted by molar-refractivity contribution is 7.13. The largest absolute Gasteiger partial charge is 0.478 e. The van der Waals surface area contributed by atoms with E-state index < -0.39 is 5.97 Å². The monoisotopic (exact) mass is 232 g/mol. The van der Waals surface area contributed by atoms with Gasteiger partial charge in [0.05, 0.1) is 5.56 Å². The molecule has 3 heteroatoms. The fraction of sp³-hybridized carbons (Fsp3) is 0.154. The van der Waals surface area contributed by atoms with Crippen LogP contribution in [0.2, 0.25) is 0 Å². The zero-order valence-corrected chi connectivity index (χ0v) is 9.97. The van der Waals surface area contributed by atoms with Crippen molar-refractivity contribution >= 4 is 17.3 Å². The van der Waals surface area contributed by atoms with E-state index in [-0.39, 0.29) is 0 Å². The number of carboxylic acids is 1. The predicted molar refractivity (Wildman–Crippen MR) is 66.2 cm³/mol. The van der Waals surface area contributed by atoms with Crippen molar-refractivity contribution in [3.63, 3.8) is 0 Å². The number of benzene rings is 1. The number of carbonyl (C=O) groups is 1. The Hall–Kier alpha value is -1.61. The summed E-state index contributed by atoms with van der Waals surface area (Å²) in [5.41, 5.74) is 3.84. The summed E-state index contributed by atoms with van der Waals surface area (Å²) in [5, 5.41) is 10.6. The van der Waals surface area contributed by atoms with Crippen LogP contribution in [0.3, 0.4) is 0 Å². The minimum atomic E-state index is -0.868. The molecule has 0 fully saturated rings. The first-order chi connectivity index (χ1) is 7.58. The van der Waals surface area contributed by atoms with Crippen molar-refractivity contribution in [2.24, 2.45) is 0 Å². The zero-order chi connectivity index (χ0) is 11.7. The van der Waals surface area contributed by atoms with Crippen molar-refractivity contribution < 1.29 is 9.90 Å². The first kappa shape index (κ1) is 10.9. The van der Waals surface area contributed by atoms with E-state index in [9.17, 15) is 4.79 Å². The van der Waals surface area contributed by atoms with Gasteiger partial charge in [0.2, 0.25) is 0 Å². The molecule has 2 rings (SSSR count). The van der Waals surface area contributed by atoms with Crippen LogP contribution >= 0.6 is 11.3 Å². The van der Waals surface area contributed by atoms with Gasteiger partial charge < -0.3 is 5.11 Å². The van der Waals surface area contributed by atoms with Crippen molar-refractivity contribution in [1.29, 1.82) is 0 Å². The lowest BCUT2D eigenvalue weighted by Gasteiger charge is -2.03. The summed E-state index contributed by atoms with van der Waals surface area (Å²) < 4.78 is 0. The molecule has 0 bridgehead atoms. The first-order valence-corrected chi connectivity index (χ1v) is 5.85. The molecule has 2 nitrogen and oxygen atoms in total. The number of aromatic carboxylic acids is 1. The van der Waals surface area contributed by atoms with Gasteiger partial charge in [0.1, 0.15) is 0 Å². The van der Waals surface area contributed by atoms with Gasteiger partial charge >= 0.3 is 5.97 Å². The zero-order valence-electron chi connectivity index (χ0n) is 9.15. The Morgan fingerprint density at radius 3 is 2.62 bits per heavy atom. The fourth-order valence-corrected chi connectivity index (χ4v) is 2.56. The average Bonchev–Trinajstić information content (AvgIpc) is 2.70. The molecule has 0 unspecified atom stereocenters. The number of thiophene rings is 1. The highest BCUT2D eigenvalue weighted by Gasteiger charge is 2.09. The normalized spacial score (nSPS) is 10.4. The van der Waals surface area contributed by atoms with E-state index in [1.807, 2.05) is 13.8 Å². The van der Waals surface area contributed by atoms with Crippen LogP contribution in [-0.4, -0.2) is 11.1 Å². The van der Waals surface area contributed by atoms with E-state index in [1.54, 1.807) is 11.4 Å². The molecule has 0 amide bonds. The molecule has 16 heavy (non-hydrogen) atoms. The summed E-state index contributed by atoms with van der Waals surface area (Å²) in [6.45, 7) is 4.07. The van der Waals surface area contributed by atoms with Crippen LogP contribution in [0, 0.1) is 13.8 Å². The van der Waals surface area contributed by atoms with Crippen LogP contribution in [0.4, 0.5) is 0 Å². The summed E-state index contributed by atoms with van der Waals surface area (Å²) in [4.78, 5) is 11.8. The number of hydrogen-bond donors (Lipinski definition) is 1. The fourth-order valence-electron chi connectivity index (χ4n) is 1.59. The van der Waals surface area contributed by atoms with Gasteiger partial charge in [-0.1, -0.05) is 23.8 Å². The molecular formula is C13H12O2S. The maximum absolute atomic E-state index is 10.8. The summed E-state index contributed by atoms with van der Waals surface area (Å²) in [7, 11) is 0. The van der Waals surface area contributed by atoms with Crippen LogP contribution in [0.15, 0.2) is 29.6 Å². The molecule has 0 aliphatic carbocycles. The Bertz CT molecular complexity index is 541. The molecule has 2 aromatic rings. The third-order valence-corrected chi connectivity index (χ3v) is 3.47. The highest BCUT2D eigenvalue weighted by atomic mass is 32.1. The van der Waals surface area contributed by atoms with Crippen LogP contribution in [0.5, 0.6) is 0 Å². The molecule has 0 spiro atoms. The molecule has 0 saturated heterocycles. The number of carboxylic acid groups (broad SMARTS) is 1. The van der Waals surface area contributed by atoms with Gasteiger partial charge in [-0.3, -0.25) is 0 Å². The number of rotatable bonds is 2. The van der Waals surface area contributed by atoms with E-state index in [0.717, 1.165) is 10.4 Å². The van der Waals surface area contributed by atoms with Crippen molar-refractivity contribution in [2.45, 2.75) is 13.8 Å². The molecule has 0 aliphatic rings. The van der Waals surface area contributed by atoms with E-state index in [1.165, 1.54) is 22.5 Å². The van der Waals surface area contributed by atoms with Crippen LogP contribution in [0.25, 0.3) is 10.4 Å². The summed E-state index contributed by atoms with van der Waals surface area (Å²) in [6.07, 6.45) is 0. The molecule has 0 saturated carbocycles. The van der Waals surface area contributed by atoms with Gasteiger partial charge in [-0.2, -0.15) is 0 Å². The summed E-state index contributed by atoms with van der Waals surface area (Å²) in [6, 6.07) is 7.94. The second-order valence-electron chi connectivity index (χ2n) is 3.82. The lowest BCUT2D eigenvalue weighted by molar-refractivity contribution is 0.0697. The Balaban J connectivity index is 2.50. The predicted octanol–water partition coefficient (Wildman–Crippen LogP) is 3.73. The molecule has 1 aromatic heterocycles. The van der Waals surface area contributed by atoms with E-state index in [0.29, 0.717) is 5.56 Å². The molecule has 0 radical (unpaired) electrons. The first-order valence-electron chi connectivity index (χ1n) is 4.97. The standard InChI is InChI=1S/C13H12O2S/c1-8-3-4-9(2)11(5-8)12-6-10(7-16-12)13(14)15/h3-7H,1-2H3,(H,14,15). The van der Waals surface area contributed by atoms with E-state index in [2.05, 4.69) is 18.2 Å². The van der Waals surface area contributed by atoms with Crippen molar-refractivity contribution in [3.8, 4) is 10.4 Å². The summed E-state index contributed by atoms with van der Waals surface area (Å²) in [5.74, 6) is -0.868. The molecular weight excluding hydrogens is 220 g/mol.